The molecule has 0 aliphatic heterocycles. The molecule has 0 bridgehead atoms. The molecule has 2 aromatic carbocycles. The molecule has 0 aliphatic rings. The predicted molar refractivity (Wildman–Crippen MR) is 126 cm³/mol. The Bertz CT molecular complexity index is 1310. The third-order valence-corrected chi connectivity index (χ3v) is 5.10. The third kappa shape index (κ3) is 4.11. The number of nitrogens with zero attached hydrogens (tertiary/aromatic N) is 4. The molecule has 4 aromatic rings. The maximum Gasteiger partial charge on any atom is 0.170 e. The summed E-state index contributed by atoms with van der Waals surface area (Å²) >= 11 is 0. The summed E-state index contributed by atoms with van der Waals surface area (Å²) < 4.78 is 2.04. The molecule has 0 saturated carbocycles. The van der Waals surface area contributed by atoms with Crippen LogP contribution in [0.2, 0.25) is 0 Å². The summed E-state index contributed by atoms with van der Waals surface area (Å²) in [6, 6.07) is 17.7. The first-order valence-corrected chi connectivity index (χ1v) is 9.94. The Morgan fingerprint density at radius 2 is 1.31 bits per heavy atom. The molecule has 0 saturated heterocycles. The lowest BCUT2D eigenvalue weighted by atomic mass is 10.0. The molecule has 162 valence electrons. The summed E-state index contributed by atoms with van der Waals surface area (Å²) in [6.45, 7) is 2.05. The highest BCUT2D eigenvalue weighted by atomic mass is 16.6. The van der Waals surface area contributed by atoms with E-state index in [0.717, 1.165) is 44.7 Å². The van der Waals surface area contributed by atoms with E-state index in [1.807, 2.05) is 59.1 Å². The molecule has 2 aromatic heterocycles. The summed E-state index contributed by atoms with van der Waals surface area (Å²) in [5, 5.41) is 7.53. The SMILES string of the molecule is CO/N=C(\N)c1ccc(-c2cc(C)c3nc(-c4ccc(/C(N)=N\OC)cc4)cn3c2)cc1. The molecule has 8 nitrogen and oxygen atoms in total. The van der Waals surface area contributed by atoms with Crippen LogP contribution in [-0.2, 0) is 9.68 Å². The van der Waals surface area contributed by atoms with Crippen molar-refractivity contribution in [2.24, 2.45) is 21.8 Å². The van der Waals surface area contributed by atoms with Gasteiger partial charge in [0, 0.05) is 29.1 Å². The van der Waals surface area contributed by atoms with Crippen LogP contribution in [-0.4, -0.2) is 35.3 Å². The molecule has 32 heavy (non-hydrogen) atoms. The van der Waals surface area contributed by atoms with E-state index in [0.29, 0.717) is 11.7 Å². The van der Waals surface area contributed by atoms with E-state index in [9.17, 15) is 0 Å². The fraction of sp³-hybridized carbons (Fsp3) is 0.125. The molecule has 0 radical (unpaired) electrons. The van der Waals surface area contributed by atoms with Gasteiger partial charge in [-0.05, 0) is 29.7 Å². The summed E-state index contributed by atoms with van der Waals surface area (Å²) in [5.74, 6) is 0.669. The lowest BCUT2D eigenvalue weighted by Crippen LogP contribution is -2.13. The lowest BCUT2D eigenvalue weighted by Gasteiger charge is -2.07. The molecule has 4 N–H and O–H groups in total. The summed E-state index contributed by atoms with van der Waals surface area (Å²) in [4.78, 5) is 14.3. The molecule has 0 fully saturated rings. The quantitative estimate of drug-likeness (QED) is 0.277. The predicted octanol–water partition coefficient (Wildman–Crippen LogP) is 3.51. The Hall–Kier alpha value is -4.33. The molecular formula is C24H24N6O2. The second-order valence-corrected chi connectivity index (χ2v) is 7.24. The van der Waals surface area contributed by atoms with E-state index >= 15 is 0 Å². The fourth-order valence-electron chi connectivity index (χ4n) is 3.51. The highest BCUT2D eigenvalue weighted by molar-refractivity contribution is 5.98. The average molecular weight is 428 g/mol. The van der Waals surface area contributed by atoms with Gasteiger partial charge in [0.15, 0.2) is 11.7 Å². The van der Waals surface area contributed by atoms with Gasteiger partial charge in [-0.15, -0.1) is 0 Å². The number of fused-ring (bicyclic) bond motifs is 1. The Morgan fingerprint density at radius 3 is 1.84 bits per heavy atom. The third-order valence-electron chi connectivity index (χ3n) is 5.10. The van der Waals surface area contributed by atoms with E-state index in [1.54, 1.807) is 0 Å². The fourth-order valence-corrected chi connectivity index (χ4v) is 3.51. The van der Waals surface area contributed by atoms with Gasteiger partial charge in [0.05, 0.1) is 5.69 Å². The van der Waals surface area contributed by atoms with Gasteiger partial charge >= 0.3 is 0 Å². The number of aryl methyl sites for hydroxylation is 1. The molecular weight excluding hydrogens is 404 g/mol. The number of hydrogen-bond acceptors (Lipinski definition) is 5. The zero-order chi connectivity index (χ0) is 22.7. The number of oxime groups is 2. The first kappa shape index (κ1) is 20.9. The molecule has 8 heteroatoms. The Labute approximate surface area is 185 Å². The summed E-state index contributed by atoms with van der Waals surface area (Å²) in [6.07, 6.45) is 4.09. The standard InChI is InChI=1S/C24H24N6O2/c1-15-12-20(16-4-8-18(9-5-16)22(25)28-31-2)13-30-14-21(27-24(15)30)17-6-10-19(11-7-17)23(26)29-32-3/h4-14H,1-3H3,(H2,25,28)(H2,26,29). The van der Waals surface area contributed by atoms with Gasteiger partial charge in [-0.1, -0.05) is 58.8 Å². The first-order valence-electron chi connectivity index (χ1n) is 9.94. The highest BCUT2D eigenvalue weighted by Gasteiger charge is 2.10. The van der Waals surface area contributed by atoms with Gasteiger partial charge in [-0.25, -0.2) is 4.98 Å². The van der Waals surface area contributed by atoms with Gasteiger partial charge in [0.2, 0.25) is 0 Å². The molecule has 0 atom stereocenters. The van der Waals surface area contributed by atoms with Crippen molar-refractivity contribution in [3.05, 3.63) is 83.7 Å². The van der Waals surface area contributed by atoms with E-state index in [2.05, 4.69) is 29.5 Å². The number of pyridine rings is 1. The maximum atomic E-state index is 5.88. The van der Waals surface area contributed by atoms with Crippen LogP contribution in [0.25, 0.3) is 28.0 Å². The van der Waals surface area contributed by atoms with Crippen molar-refractivity contribution in [1.82, 2.24) is 9.38 Å². The van der Waals surface area contributed by atoms with Crippen LogP contribution >= 0.6 is 0 Å². The van der Waals surface area contributed by atoms with Gasteiger partial charge < -0.3 is 25.5 Å². The van der Waals surface area contributed by atoms with Crippen molar-refractivity contribution >= 4 is 17.3 Å². The van der Waals surface area contributed by atoms with Gasteiger partial charge in [0.25, 0.3) is 0 Å². The zero-order valence-electron chi connectivity index (χ0n) is 18.1. The largest absolute Gasteiger partial charge is 0.397 e. The average Bonchev–Trinajstić information content (AvgIpc) is 3.24. The number of imidazole rings is 1. The van der Waals surface area contributed by atoms with E-state index < -0.39 is 0 Å². The molecule has 0 amide bonds. The normalized spacial score (nSPS) is 12.2. The Balaban J connectivity index is 1.67. The topological polar surface area (TPSA) is 113 Å². The van der Waals surface area contributed by atoms with Crippen molar-refractivity contribution in [2.75, 3.05) is 14.2 Å². The molecule has 2 heterocycles. The second kappa shape index (κ2) is 8.81. The first-order chi connectivity index (χ1) is 15.5. The van der Waals surface area contributed by atoms with Crippen molar-refractivity contribution in [3.8, 4) is 22.4 Å². The van der Waals surface area contributed by atoms with Crippen LogP contribution in [0.5, 0.6) is 0 Å². The van der Waals surface area contributed by atoms with Crippen molar-refractivity contribution < 1.29 is 9.68 Å². The number of rotatable bonds is 6. The minimum atomic E-state index is 0.329. The number of benzene rings is 2. The van der Waals surface area contributed by atoms with Crippen molar-refractivity contribution in [1.29, 1.82) is 0 Å². The second-order valence-electron chi connectivity index (χ2n) is 7.24. The van der Waals surface area contributed by atoms with Crippen LogP contribution in [0, 0.1) is 6.92 Å². The van der Waals surface area contributed by atoms with Gasteiger partial charge in [0.1, 0.15) is 19.9 Å². The van der Waals surface area contributed by atoms with Crippen LogP contribution in [0.3, 0.4) is 0 Å². The molecule has 0 spiro atoms. The maximum absolute atomic E-state index is 5.88. The van der Waals surface area contributed by atoms with Gasteiger partial charge in [-0.2, -0.15) is 0 Å². The Kier molecular flexibility index (Phi) is 5.76. The van der Waals surface area contributed by atoms with Gasteiger partial charge in [-0.3, -0.25) is 0 Å². The van der Waals surface area contributed by atoms with Crippen LogP contribution in [0.4, 0.5) is 0 Å². The van der Waals surface area contributed by atoms with Crippen molar-refractivity contribution in [2.45, 2.75) is 6.92 Å². The monoisotopic (exact) mass is 428 g/mol. The smallest absolute Gasteiger partial charge is 0.170 e. The molecule has 4 rings (SSSR count). The number of aromatic nitrogens is 2. The summed E-state index contributed by atoms with van der Waals surface area (Å²) in [5.41, 5.74) is 19.3. The van der Waals surface area contributed by atoms with E-state index in [4.69, 9.17) is 26.1 Å². The summed E-state index contributed by atoms with van der Waals surface area (Å²) in [7, 11) is 2.94. The lowest BCUT2D eigenvalue weighted by molar-refractivity contribution is 0.213. The number of hydrogen-bond donors (Lipinski definition) is 2. The van der Waals surface area contributed by atoms with Crippen molar-refractivity contribution in [3.63, 3.8) is 0 Å². The Morgan fingerprint density at radius 1 is 0.781 bits per heavy atom. The van der Waals surface area contributed by atoms with Crippen LogP contribution < -0.4 is 11.5 Å². The van der Waals surface area contributed by atoms with E-state index in [1.165, 1.54) is 14.2 Å². The van der Waals surface area contributed by atoms with E-state index in [-0.39, 0.29) is 0 Å². The minimum absolute atomic E-state index is 0.329. The molecule has 0 aliphatic carbocycles. The number of nitrogens with two attached hydrogens (primary N) is 2. The minimum Gasteiger partial charge on any atom is -0.397 e. The zero-order valence-corrected chi connectivity index (χ0v) is 18.1. The van der Waals surface area contributed by atoms with Crippen LogP contribution in [0.1, 0.15) is 16.7 Å². The number of amidine groups is 2. The highest BCUT2D eigenvalue weighted by Crippen LogP contribution is 2.26. The molecule has 0 unspecified atom stereocenters. The van der Waals surface area contributed by atoms with Crippen LogP contribution in [0.15, 0.2) is 77.3 Å².